The summed E-state index contributed by atoms with van der Waals surface area (Å²) in [5.41, 5.74) is 6.11. The number of carbonyl (C=O) groups is 1. The molecule has 0 spiro atoms. The Kier molecular flexibility index (Phi) is 3.49. The molecule has 0 unspecified atom stereocenters. The van der Waals surface area contributed by atoms with Gasteiger partial charge in [-0.15, -0.1) is 0 Å². The molecule has 0 bridgehead atoms. The number of benzene rings is 1. The average molecular weight is 236 g/mol. The molecule has 0 saturated heterocycles. The number of nitrogens with zero attached hydrogens (tertiary/aromatic N) is 1. The summed E-state index contributed by atoms with van der Waals surface area (Å²) in [5.74, 6) is 1.44. The zero-order valence-corrected chi connectivity index (χ0v) is 9.81. The fraction of sp³-hybridized carbons (Fsp3) is 0.417. The van der Waals surface area contributed by atoms with Crippen molar-refractivity contribution in [3.63, 3.8) is 0 Å². The van der Waals surface area contributed by atoms with Crippen LogP contribution in [-0.2, 0) is 4.79 Å². The first-order valence-corrected chi connectivity index (χ1v) is 5.58. The predicted molar refractivity (Wildman–Crippen MR) is 64.5 cm³/mol. The normalized spacial score (nSPS) is 14.9. The van der Waals surface area contributed by atoms with Crippen LogP contribution < -0.4 is 20.1 Å². The first kappa shape index (κ1) is 11.7. The third-order valence-corrected chi connectivity index (χ3v) is 2.63. The van der Waals surface area contributed by atoms with Crippen molar-refractivity contribution in [2.24, 2.45) is 5.73 Å². The summed E-state index contributed by atoms with van der Waals surface area (Å²) in [6.07, 6.45) is 0.393. The molecule has 5 nitrogen and oxygen atoms in total. The smallest absolute Gasteiger partial charge is 0.230 e. The molecule has 2 rings (SSSR count). The van der Waals surface area contributed by atoms with E-state index in [2.05, 4.69) is 0 Å². The number of carbonyl (C=O) groups excluding carboxylic acids is 1. The van der Waals surface area contributed by atoms with Gasteiger partial charge < -0.3 is 20.1 Å². The van der Waals surface area contributed by atoms with Crippen LogP contribution in [0.3, 0.4) is 0 Å². The second-order valence-corrected chi connectivity index (χ2v) is 3.82. The van der Waals surface area contributed by atoms with Crippen molar-refractivity contribution in [2.75, 3.05) is 31.7 Å². The minimum atomic E-state index is 0.0414. The summed E-state index contributed by atoms with van der Waals surface area (Å²) in [7, 11) is 1.74. The molecule has 5 heteroatoms. The maximum atomic E-state index is 11.7. The number of amides is 1. The first-order chi connectivity index (χ1) is 8.22. The van der Waals surface area contributed by atoms with E-state index in [1.54, 1.807) is 18.0 Å². The van der Waals surface area contributed by atoms with Gasteiger partial charge in [0.05, 0.1) is 18.7 Å². The number of hydrogen-bond donors (Lipinski definition) is 1. The Morgan fingerprint density at radius 3 is 3.12 bits per heavy atom. The SMILES string of the molecule is CN1C(=O)CCOc2ccc(OCCN)cc21. The molecular weight excluding hydrogens is 220 g/mol. The van der Waals surface area contributed by atoms with Crippen molar-refractivity contribution in [3.8, 4) is 11.5 Å². The standard InChI is InChI=1S/C12H16N2O3/c1-14-10-8-9(16-7-5-13)2-3-11(10)17-6-4-12(14)15/h2-3,8H,4-7,13H2,1H3. The van der Waals surface area contributed by atoms with E-state index in [9.17, 15) is 4.79 Å². The molecule has 1 heterocycles. The lowest BCUT2D eigenvalue weighted by Crippen LogP contribution is -2.25. The Morgan fingerprint density at radius 2 is 2.35 bits per heavy atom. The van der Waals surface area contributed by atoms with E-state index in [1.807, 2.05) is 12.1 Å². The Morgan fingerprint density at radius 1 is 1.53 bits per heavy atom. The number of hydrogen-bond acceptors (Lipinski definition) is 4. The van der Waals surface area contributed by atoms with Gasteiger partial charge in [-0.25, -0.2) is 0 Å². The lowest BCUT2D eigenvalue weighted by Gasteiger charge is -2.17. The van der Waals surface area contributed by atoms with Crippen molar-refractivity contribution >= 4 is 11.6 Å². The third kappa shape index (κ3) is 2.50. The molecule has 1 aromatic rings. The van der Waals surface area contributed by atoms with Crippen molar-refractivity contribution in [1.29, 1.82) is 0 Å². The molecule has 1 aliphatic heterocycles. The highest BCUT2D eigenvalue weighted by Crippen LogP contribution is 2.33. The summed E-state index contributed by atoms with van der Waals surface area (Å²) < 4.78 is 10.9. The maximum absolute atomic E-state index is 11.7. The lowest BCUT2D eigenvalue weighted by atomic mass is 10.2. The second-order valence-electron chi connectivity index (χ2n) is 3.82. The molecule has 0 aromatic heterocycles. The van der Waals surface area contributed by atoms with Gasteiger partial charge in [0, 0.05) is 19.7 Å². The Hall–Kier alpha value is -1.75. The van der Waals surface area contributed by atoms with E-state index >= 15 is 0 Å². The molecule has 1 aromatic carbocycles. The quantitative estimate of drug-likeness (QED) is 0.842. The van der Waals surface area contributed by atoms with E-state index < -0.39 is 0 Å². The number of rotatable bonds is 3. The van der Waals surface area contributed by atoms with Gasteiger partial charge in [0.15, 0.2) is 0 Å². The van der Waals surface area contributed by atoms with Crippen LogP contribution in [-0.4, -0.2) is 32.7 Å². The molecule has 1 amide bonds. The molecule has 0 atom stereocenters. The summed E-state index contributed by atoms with van der Waals surface area (Å²) >= 11 is 0. The second kappa shape index (κ2) is 5.05. The van der Waals surface area contributed by atoms with Gasteiger partial charge in [-0.3, -0.25) is 4.79 Å². The fourth-order valence-electron chi connectivity index (χ4n) is 1.70. The molecule has 0 radical (unpaired) electrons. The van der Waals surface area contributed by atoms with Gasteiger partial charge in [-0.1, -0.05) is 0 Å². The highest BCUT2D eigenvalue weighted by atomic mass is 16.5. The highest BCUT2D eigenvalue weighted by molar-refractivity contribution is 5.95. The number of nitrogens with two attached hydrogens (primary N) is 1. The predicted octanol–water partition coefficient (Wildman–Crippen LogP) is 0.769. The average Bonchev–Trinajstić information content (AvgIpc) is 2.48. The van der Waals surface area contributed by atoms with Gasteiger partial charge in [-0.05, 0) is 12.1 Å². The van der Waals surface area contributed by atoms with Crippen LogP contribution in [0.25, 0.3) is 0 Å². The number of anilines is 1. The molecular formula is C12H16N2O3. The lowest BCUT2D eigenvalue weighted by molar-refractivity contribution is -0.118. The number of fused-ring (bicyclic) bond motifs is 1. The maximum Gasteiger partial charge on any atom is 0.230 e. The largest absolute Gasteiger partial charge is 0.492 e. The van der Waals surface area contributed by atoms with E-state index in [1.165, 1.54) is 0 Å². The zero-order valence-electron chi connectivity index (χ0n) is 9.81. The van der Waals surface area contributed by atoms with Crippen LogP contribution in [0, 0.1) is 0 Å². The van der Waals surface area contributed by atoms with Gasteiger partial charge >= 0.3 is 0 Å². The summed E-state index contributed by atoms with van der Waals surface area (Å²) in [6, 6.07) is 5.43. The number of ether oxygens (including phenoxy) is 2. The Labute approximate surface area is 100 Å². The van der Waals surface area contributed by atoms with Gasteiger partial charge in [-0.2, -0.15) is 0 Å². The zero-order chi connectivity index (χ0) is 12.3. The van der Waals surface area contributed by atoms with E-state index in [0.717, 1.165) is 5.69 Å². The van der Waals surface area contributed by atoms with E-state index in [-0.39, 0.29) is 5.91 Å². The van der Waals surface area contributed by atoms with Gasteiger partial charge in [0.2, 0.25) is 5.91 Å². The van der Waals surface area contributed by atoms with Crippen LogP contribution >= 0.6 is 0 Å². The van der Waals surface area contributed by atoms with Crippen molar-refractivity contribution in [2.45, 2.75) is 6.42 Å². The fourth-order valence-corrected chi connectivity index (χ4v) is 1.70. The third-order valence-electron chi connectivity index (χ3n) is 2.63. The summed E-state index contributed by atoms with van der Waals surface area (Å²) in [6.45, 7) is 1.33. The molecule has 17 heavy (non-hydrogen) atoms. The summed E-state index contributed by atoms with van der Waals surface area (Å²) in [4.78, 5) is 13.3. The molecule has 92 valence electrons. The first-order valence-electron chi connectivity index (χ1n) is 5.58. The summed E-state index contributed by atoms with van der Waals surface area (Å²) in [5, 5.41) is 0. The van der Waals surface area contributed by atoms with E-state index in [4.69, 9.17) is 15.2 Å². The minimum absolute atomic E-state index is 0.0414. The monoisotopic (exact) mass is 236 g/mol. The van der Waals surface area contributed by atoms with E-state index in [0.29, 0.717) is 37.7 Å². The molecule has 2 N–H and O–H groups in total. The molecule has 1 aliphatic rings. The van der Waals surface area contributed by atoms with Crippen LogP contribution in [0.4, 0.5) is 5.69 Å². The Balaban J connectivity index is 2.28. The Bertz CT molecular complexity index is 420. The topological polar surface area (TPSA) is 64.8 Å². The molecule has 0 aliphatic carbocycles. The van der Waals surface area contributed by atoms with Crippen LogP contribution in [0.2, 0.25) is 0 Å². The molecule has 0 saturated carbocycles. The minimum Gasteiger partial charge on any atom is -0.492 e. The van der Waals surface area contributed by atoms with Gasteiger partial charge in [0.25, 0.3) is 0 Å². The van der Waals surface area contributed by atoms with Crippen LogP contribution in [0.1, 0.15) is 6.42 Å². The van der Waals surface area contributed by atoms with Crippen molar-refractivity contribution < 1.29 is 14.3 Å². The van der Waals surface area contributed by atoms with Gasteiger partial charge in [0.1, 0.15) is 18.1 Å². The molecule has 0 fully saturated rings. The van der Waals surface area contributed by atoms with Crippen molar-refractivity contribution in [1.82, 2.24) is 0 Å². The van der Waals surface area contributed by atoms with Crippen molar-refractivity contribution in [3.05, 3.63) is 18.2 Å². The van der Waals surface area contributed by atoms with Crippen LogP contribution in [0.5, 0.6) is 11.5 Å². The van der Waals surface area contributed by atoms with Crippen LogP contribution in [0.15, 0.2) is 18.2 Å². The highest BCUT2D eigenvalue weighted by Gasteiger charge is 2.20.